The molecule has 3 aromatic rings. The quantitative estimate of drug-likeness (QED) is 0.607. The number of rotatable bonds is 2. The van der Waals surface area contributed by atoms with E-state index in [0.29, 0.717) is 41.3 Å². The van der Waals surface area contributed by atoms with E-state index in [0.717, 1.165) is 16.8 Å². The first-order valence-electron chi connectivity index (χ1n) is 9.70. The molecule has 1 aliphatic heterocycles. The molecule has 2 N–H and O–H groups in total. The number of carbonyl (C=O) groups excluding carboxylic acids is 2. The summed E-state index contributed by atoms with van der Waals surface area (Å²) < 4.78 is 6.32. The molecule has 0 aliphatic carbocycles. The third kappa shape index (κ3) is 4.75. The summed E-state index contributed by atoms with van der Waals surface area (Å²) in [7, 11) is 1.29. The molecule has 9 heteroatoms. The Bertz CT molecular complexity index is 1150. The van der Waals surface area contributed by atoms with Crippen molar-refractivity contribution in [2.45, 2.75) is 19.3 Å². The number of hydrogen-bond donors (Lipinski definition) is 2. The van der Waals surface area contributed by atoms with Crippen molar-refractivity contribution in [1.82, 2.24) is 14.8 Å². The van der Waals surface area contributed by atoms with Gasteiger partial charge in [0, 0.05) is 35.6 Å². The van der Waals surface area contributed by atoms with Crippen LogP contribution in [0.15, 0.2) is 55.0 Å². The maximum Gasteiger partial charge on any atom is 0.411 e. The average Bonchev–Trinajstić information content (AvgIpc) is 3.24. The van der Waals surface area contributed by atoms with Crippen molar-refractivity contribution in [2.24, 2.45) is 0 Å². The van der Waals surface area contributed by atoms with E-state index in [4.69, 9.17) is 11.6 Å². The summed E-state index contributed by atoms with van der Waals surface area (Å²) in [6.45, 7) is 0. The van der Waals surface area contributed by atoms with Gasteiger partial charge in [-0.25, -0.2) is 9.48 Å². The van der Waals surface area contributed by atoms with Crippen LogP contribution < -0.4 is 10.6 Å². The fourth-order valence-corrected chi connectivity index (χ4v) is 3.42. The van der Waals surface area contributed by atoms with Crippen molar-refractivity contribution in [1.29, 1.82) is 0 Å². The third-order valence-corrected chi connectivity index (χ3v) is 5.03. The third-order valence-electron chi connectivity index (χ3n) is 4.80. The highest BCUT2D eigenvalue weighted by Crippen LogP contribution is 2.29. The van der Waals surface area contributed by atoms with E-state index in [1.54, 1.807) is 41.3 Å². The van der Waals surface area contributed by atoms with E-state index in [9.17, 15) is 9.59 Å². The van der Waals surface area contributed by atoms with Crippen molar-refractivity contribution >= 4 is 40.5 Å². The minimum Gasteiger partial charge on any atom is -0.453 e. The van der Waals surface area contributed by atoms with Crippen LogP contribution in [-0.4, -0.2) is 33.9 Å². The summed E-state index contributed by atoms with van der Waals surface area (Å²) in [5.74, 6) is -0.121. The fourth-order valence-electron chi connectivity index (χ4n) is 3.30. The average molecular weight is 438 g/mol. The predicted molar refractivity (Wildman–Crippen MR) is 118 cm³/mol. The van der Waals surface area contributed by atoms with Crippen molar-refractivity contribution in [3.05, 3.63) is 71.3 Å². The number of halogens is 1. The van der Waals surface area contributed by atoms with E-state index in [2.05, 4.69) is 31.5 Å². The van der Waals surface area contributed by atoms with Crippen LogP contribution in [0.25, 0.3) is 11.3 Å². The molecule has 1 aliphatic rings. The van der Waals surface area contributed by atoms with Crippen molar-refractivity contribution in [2.75, 3.05) is 17.7 Å². The van der Waals surface area contributed by atoms with Gasteiger partial charge in [0.1, 0.15) is 0 Å². The van der Waals surface area contributed by atoms with Gasteiger partial charge < -0.3 is 10.1 Å². The Morgan fingerprint density at radius 2 is 2.13 bits per heavy atom. The molecule has 4 rings (SSSR count). The number of aromatic nitrogens is 3. The van der Waals surface area contributed by atoms with Crippen molar-refractivity contribution in [3.8, 4) is 5.69 Å². The van der Waals surface area contributed by atoms with Crippen LogP contribution in [-0.2, 0) is 9.53 Å². The van der Waals surface area contributed by atoms with Crippen LogP contribution in [0.4, 0.5) is 16.2 Å². The molecular formula is C22H20ClN5O3. The molecule has 158 valence electrons. The molecule has 0 saturated carbocycles. The van der Waals surface area contributed by atoms with Gasteiger partial charge in [-0.1, -0.05) is 17.7 Å². The highest BCUT2D eigenvalue weighted by Gasteiger charge is 2.16. The Hall–Kier alpha value is -3.65. The molecule has 0 spiro atoms. The number of benzene rings is 1. The van der Waals surface area contributed by atoms with Gasteiger partial charge in [-0.15, -0.1) is 0 Å². The molecule has 2 amide bonds. The molecule has 0 atom stereocenters. The first-order valence-corrected chi connectivity index (χ1v) is 10.1. The minimum absolute atomic E-state index is 0.121. The standard InChI is InChI=1S/C22H20ClN5O3/c1-31-22(30)26-16-7-9-20-19(10-16)27-21(29)5-3-2-4-17(14-11-25-28(20)13-14)18-8-6-15(23)12-24-18/h4,6-13H,2-3,5H2,1H3,(H,26,30)(H,27,29). The van der Waals surface area contributed by atoms with E-state index in [1.807, 2.05) is 12.3 Å². The zero-order valence-electron chi connectivity index (χ0n) is 16.8. The Balaban J connectivity index is 1.77. The Morgan fingerprint density at radius 1 is 1.26 bits per heavy atom. The van der Waals surface area contributed by atoms with Gasteiger partial charge in [-0.3, -0.25) is 15.1 Å². The van der Waals surface area contributed by atoms with Gasteiger partial charge in [0.2, 0.25) is 5.91 Å². The second kappa shape index (κ2) is 9.01. The summed E-state index contributed by atoms with van der Waals surface area (Å²) in [5.41, 5.74) is 4.29. The molecular weight excluding hydrogens is 418 g/mol. The molecule has 0 fully saturated rings. The SMILES string of the molecule is COC(=O)Nc1ccc2c(c1)NC(=O)CCCC=C(c1ccc(Cl)cn1)c1cnn-2c1. The number of ether oxygens (including phenoxy) is 1. The van der Waals surface area contributed by atoms with Gasteiger partial charge >= 0.3 is 6.09 Å². The smallest absolute Gasteiger partial charge is 0.411 e. The zero-order valence-corrected chi connectivity index (χ0v) is 17.5. The van der Waals surface area contributed by atoms with Crippen LogP contribution >= 0.6 is 11.6 Å². The molecule has 0 unspecified atom stereocenters. The summed E-state index contributed by atoms with van der Waals surface area (Å²) >= 11 is 5.99. The molecule has 2 bridgehead atoms. The van der Waals surface area contributed by atoms with Crippen molar-refractivity contribution < 1.29 is 14.3 Å². The van der Waals surface area contributed by atoms with Gasteiger partial charge in [0.25, 0.3) is 0 Å². The number of methoxy groups -OCH3 is 1. The monoisotopic (exact) mass is 437 g/mol. The zero-order chi connectivity index (χ0) is 21.8. The number of nitrogens with one attached hydrogen (secondary N) is 2. The summed E-state index contributed by atoms with van der Waals surface area (Å²) in [4.78, 5) is 28.5. The predicted octanol–water partition coefficient (Wildman–Crippen LogP) is 4.65. The van der Waals surface area contributed by atoms with Crippen LogP contribution in [0, 0.1) is 0 Å². The van der Waals surface area contributed by atoms with Gasteiger partial charge in [0.05, 0.1) is 35.4 Å². The molecule has 3 heterocycles. The first-order chi connectivity index (χ1) is 15.0. The molecule has 2 aromatic heterocycles. The van der Waals surface area contributed by atoms with E-state index in [-0.39, 0.29) is 5.91 Å². The van der Waals surface area contributed by atoms with E-state index >= 15 is 0 Å². The van der Waals surface area contributed by atoms with Crippen LogP contribution in [0.1, 0.15) is 30.5 Å². The van der Waals surface area contributed by atoms with Crippen LogP contribution in [0.3, 0.4) is 0 Å². The summed E-state index contributed by atoms with van der Waals surface area (Å²) in [6.07, 6.45) is 8.45. The lowest BCUT2D eigenvalue weighted by Crippen LogP contribution is -2.15. The molecule has 8 nitrogen and oxygen atoms in total. The fraction of sp³-hybridized carbons (Fsp3) is 0.182. The Morgan fingerprint density at radius 3 is 2.90 bits per heavy atom. The summed E-state index contributed by atoms with van der Waals surface area (Å²) in [5, 5.41) is 10.6. The highest BCUT2D eigenvalue weighted by molar-refractivity contribution is 6.30. The Labute approximate surface area is 183 Å². The second-order valence-corrected chi connectivity index (χ2v) is 7.38. The van der Waals surface area contributed by atoms with Gasteiger partial charge in [-0.05, 0) is 43.2 Å². The second-order valence-electron chi connectivity index (χ2n) is 6.94. The first kappa shape index (κ1) is 20.6. The lowest BCUT2D eigenvalue weighted by atomic mass is 10.0. The number of amides is 2. The summed E-state index contributed by atoms with van der Waals surface area (Å²) in [6, 6.07) is 8.82. The number of fused-ring (bicyclic) bond motifs is 4. The molecule has 1 aromatic carbocycles. The van der Waals surface area contributed by atoms with Crippen LogP contribution in [0.2, 0.25) is 5.02 Å². The largest absolute Gasteiger partial charge is 0.453 e. The maximum absolute atomic E-state index is 12.5. The van der Waals surface area contributed by atoms with Gasteiger partial charge in [-0.2, -0.15) is 5.10 Å². The van der Waals surface area contributed by atoms with E-state index < -0.39 is 6.09 Å². The van der Waals surface area contributed by atoms with Gasteiger partial charge in [0.15, 0.2) is 0 Å². The number of nitrogens with zero attached hydrogens (tertiary/aromatic N) is 3. The number of pyridine rings is 1. The normalized spacial score (nSPS) is 13.7. The number of carbonyl (C=O) groups is 2. The number of hydrogen-bond acceptors (Lipinski definition) is 5. The lowest BCUT2D eigenvalue weighted by molar-refractivity contribution is -0.116. The van der Waals surface area contributed by atoms with Crippen LogP contribution in [0.5, 0.6) is 0 Å². The molecule has 31 heavy (non-hydrogen) atoms. The van der Waals surface area contributed by atoms with Crippen molar-refractivity contribution in [3.63, 3.8) is 0 Å². The number of allylic oxidation sites excluding steroid dienone is 1. The van der Waals surface area contributed by atoms with E-state index in [1.165, 1.54) is 7.11 Å². The minimum atomic E-state index is -0.592. The Kier molecular flexibility index (Phi) is 5.99. The molecule has 0 saturated heterocycles. The lowest BCUT2D eigenvalue weighted by Gasteiger charge is -2.14. The topological polar surface area (TPSA) is 98.1 Å². The number of anilines is 2. The molecule has 0 radical (unpaired) electrons. The maximum atomic E-state index is 12.5. The highest BCUT2D eigenvalue weighted by atomic mass is 35.5.